The summed E-state index contributed by atoms with van der Waals surface area (Å²) in [6.07, 6.45) is 1.69. The fourth-order valence-electron chi connectivity index (χ4n) is 2.30. The van der Waals surface area contributed by atoms with Gasteiger partial charge in [-0.15, -0.1) is 11.3 Å². The summed E-state index contributed by atoms with van der Waals surface area (Å²) in [5, 5.41) is 2.00. The van der Waals surface area contributed by atoms with Crippen LogP contribution in [0.2, 0.25) is 0 Å². The molecule has 0 spiro atoms. The van der Waals surface area contributed by atoms with Crippen LogP contribution in [-0.4, -0.2) is 17.5 Å². The zero-order valence-corrected chi connectivity index (χ0v) is 14.2. The molecule has 2 heterocycles. The van der Waals surface area contributed by atoms with Gasteiger partial charge in [-0.2, -0.15) is 0 Å². The molecule has 5 heteroatoms. The molecular weight excluding hydrogens is 320 g/mol. The van der Waals surface area contributed by atoms with Crippen LogP contribution in [0, 0.1) is 6.92 Å². The van der Waals surface area contributed by atoms with Crippen molar-refractivity contribution in [1.29, 1.82) is 0 Å². The molecule has 0 N–H and O–H groups in total. The second-order valence-corrected chi connectivity index (χ2v) is 6.33. The van der Waals surface area contributed by atoms with Crippen LogP contribution in [0.4, 0.5) is 5.82 Å². The van der Waals surface area contributed by atoms with Gasteiger partial charge >= 0.3 is 0 Å². The van der Waals surface area contributed by atoms with Crippen molar-refractivity contribution in [1.82, 2.24) is 4.98 Å². The fraction of sp³-hybridized carbons (Fsp3) is 0.158. The van der Waals surface area contributed by atoms with E-state index in [1.54, 1.807) is 22.4 Å². The SMILES string of the molecule is Cc1ccccc1OCC(=O)N(Cc1cccs1)c1ccccn1. The number of ether oxygens (including phenoxy) is 1. The smallest absolute Gasteiger partial charge is 0.266 e. The van der Waals surface area contributed by atoms with E-state index < -0.39 is 0 Å². The molecule has 1 aromatic carbocycles. The third kappa shape index (κ3) is 4.00. The highest BCUT2D eigenvalue weighted by molar-refractivity contribution is 7.09. The molecule has 4 nitrogen and oxygen atoms in total. The number of carbonyl (C=O) groups excluding carboxylic acids is 1. The molecule has 0 saturated carbocycles. The highest BCUT2D eigenvalue weighted by Crippen LogP contribution is 2.19. The van der Waals surface area contributed by atoms with Gasteiger partial charge in [0.15, 0.2) is 6.61 Å². The first-order valence-corrected chi connectivity index (χ1v) is 8.54. The van der Waals surface area contributed by atoms with Crippen LogP contribution < -0.4 is 9.64 Å². The van der Waals surface area contributed by atoms with Crippen LogP contribution in [0.1, 0.15) is 10.4 Å². The number of anilines is 1. The van der Waals surface area contributed by atoms with Crippen molar-refractivity contribution >= 4 is 23.1 Å². The fourth-order valence-corrected chi connectivity index (χ4v) is 3.00. The van der Waals surface area contributed by atoms with Crippen molar-refractivity contribution < 1.29 is 9.53 Å². The number of amides is 1. The Bertz CT molecular complexity index is 788. The van der Waals surface area contributed by atoms with E-state index in [1.807, 2.05) is 66.9 Å². The van der Waals surface area contributed by atoms with E-state index in [-0.39, 0.29) is 12.5 Å². The monoisotopic (exact) mass is 338 g/mol. The van der Waals surface area contributed by atoms with E-state index in [1.165, 1.54) is 0 Å². The van der Waals surface area contributed by atoms with Gasteiger partial charge in [-0.05, 0) is 42.1 Å². The summed E-state index contributed by atoms with van der Waals surface area (Å²) < 4.78 is 5.70. The third-order valence-corrected chi connectivity index (χ3v) is 4.43. The maximum atomic E-state index is 12.7. The topological polar surface area (TPSA) is 42.4 Å². The number of aromatic nitrogens is 1. The lowest BCUT2D eigenvalue weighted by atomic mass is 10.2. The lowest BCUT2D eigenvalue weighted by Crippen LogP contribution is -2.35. The number of rotatable bonds is 6. The maximum Gasteiger partial charge on any atom is 0.266 e. The van der Waals surface area contributed by atoms with Crippen LogP contribution in [0.5, 0.6) is 5.75 Å². The summed E-state index contributed by atoms with van der Waals surface area (Å²) in [5.74, 6) is 1.23. The summed E-state index contributed by atoms with van der Waals surface area (Å²) in [5.41, 5.74) is 1.01. The third-order valence-electron chi connectivity index (χ3n) is 3.57. The Morgan fingerprint density at radius 1 is 1.12 bits per heavy atom. The molecule has 0 aliphatic heterocycles. The first kappa shape index (κ1) is 16.2. The predicted molar refractivity (Wildman–Crippen MR) is 96.4 cm³/mol. The molecule has 0 fully saturated rings. The summed E-state index contributed by atoms with van der Waals surface area (Å²) in [6.45, 7) is 2.43. The van der Waals surface area contributed by atoms with Crippen molar-refractivity contribution in [3.05, 3.63) is 76.6 Å². The predicted octanol–water partition coefficient (Wildman–Crippen LogP) is 4.06. The van der Waals surface area contributed by atoms with Crippen LogP contribution in [0.15, 0.2) is 66.2 Å². The highest BCUT2D eigenvalue weighted by Gasteiger charge is 2.18. The number of nitrogens with zero attached hydrogens (tertiary/aromatic N) is 2. The average molecular weight is 338 g/mol. The van der Waals surface area contributed by atoms with Crippen LogP contribution in [0.25, 0.3) is 0 Å². The molecule has 2 aromatic heterocycles. The molecule has 1 amide bonds. The van der Waals surface area contributed by atoms with Gasteiger partial charge < -0.3 is 4.74 Å². The summed E-state index contributed by atoms with van der Waals surface area (Å²) in [7, 11) is 0. The van der Waals surface area contributed by atoms with Crippen molar-refractivity contribution in [2.24, 2.45) is 0 Å². The van der Waals surface area contributed by atoms with Gasteiger partial charge in [0.1, 0.15) is 11.6 Å². The molecule has 122 valence electrons. The zero-order valence-electron chi connectivity index (χ0n) is 13.4. The lowest BCUT2D eigenvalue weighted by Gasteiger charge is -2.21. The molecule has 0 atom stereocenters. The number of pyridine rings is 1. The number of hydrogen-bond donors (Lipinski definition) is 0. The normalized spacial score (nSPS) is 10.4. The number of carbonyl (C=O) groups is 1. The van der Waals surface area contributed by atoms with Gasteiger partial charge in [0.2, 0.25) is 0 Å². The highest BCUT2D eigenvalue weighted by atomic mass is 32.1. The van der Waals surface area contributed by atoms with Crippen LogP contribution >= 0.6 is 11.3 Å². The Balaban J connectivity index is 1.75. The minimum absolute atomic E-state index is 0.0210. The van der Waals surface area contributed by atoms with Crippen molar-refractivity contribution in [3.63, 3.8) is 0 Å². The van der Waals surface area contributed by atoms with Crippen LogP contribution in [-0.2, 0) is 11.3 Å². The summed E-state index contributed by atoms with van der Waals surface area (Å²) in [6, 6.07) is 17.2. The van der Waals surface area contributed by atoms with Gasteiger partial charge in [0.25, 0.3) is 5.91 Å². The Morgan fingerprint density at radius 3 is 2.67 bits per heavy atom. The van der Waals surface area contributed by atoms with Gasteiger partial charge in [-0.1, -0.05) is 30.3 Å². The molecule has 3 aromatic rings. The van der Waals surface area contributed by atoms with Gasteiger partial charge in [-0.3, -0.25) is 9.69 Å². The van der Waals surface area contributed by atoms with Gasteiger partial charge in [0, 0.05) is 11.1 Å². The van der Waals surface area contributed by atoms with Gasteiger partial charge in [-0.25, -0.2) is 4.98 Å². The Kier molecular flexibility index (Phi) is 5.23. The average Bonchev–Trinajstić information content (AvgIpc) is 3.13. The lowest BCUT2D eigenvalue weighted by molar-refractivity contribution is -0.120. The second kappa shape index (κ2) is 7.75. The minimum atomic E-state index is -0.120. The largest absolute Gasteiger partial charge is 0.483 e. The zero-order chi connectivity index (χ0) is 16.8. The van der Waals surface area contributed by atoms with E-state index in [2.05, 4.69) is 4.98 Å². The number of benzene rings is 1. The Labute approximate surface area is 145 Å². The van der Waals surface area contributed by atoms with E-state index in [4.69, 9.17) is 4.74 Å². The van der Waals surface area contributed by atoms with E-state index in [9.17, 15) is 4.79 Å². The molecular formula is C19H18N2O2S. The molecule has 3 rings (SSSR count). The van der Waals surface area contributed by atoms with E-state index >= 15 is 0 Å². The van der Waals surface area contributed by atoms with E-state index in [0.717, 1.165) is 16.2 Å². The Hall–Kier alpha value is -2.66. The van der Waals surface area contributed by atoms with Crippen molar-refractivity contribution in [2.45, 2.75) is 13.5 Å². The number of aryl methyl sites for hydroxylation is 1. The number of hydrogen-bond acceptors (Lipinski definition) is 4. The van der Waals surface area contributed by atoms with Crippen molar-refractivity contribution in [2.75, 3.05) is 11.5 Å². The molecule has 0 radical (unpaired) electrons. The number of para-hydroxylation sites is 1. The minimum Gasteiger partial charge on any atom is -0.483 e. The molecule has 0 saturated heterocycles. The molecule has 24 heavy (non-hydrogen) atoms. The summed E-state index contributed by atoms with van der Waals surface area (Å²) >= 11 is 1.62. The first-order valence-electron chi connectivity index (χ1n) is 7.66. The van der Waals surface area contributed by atoms with E-state index in [0.29, 0.717) is 12.4 Å². The quantitative estimate of drug-likeness (QED) is 0.680. The maximum absolute atomic E-state index is 12.7. The first-order chi connectivity index (χ1) is 11.7. The Morgan fingerprint density at radius 2 is 1.96 bits per heavy atom. The van der Waals surface area contributed by atoms with Crippen LogP contribution in [0.3, 0.4) is 0 Å². The summed E-state index contributed by atoms with van der Waals surface area (Å²) in [4.78, 5) is 19.8. The second-order valence-electron chi connectivity index (χ2n) is 5.30. The van der Waals surface area contributed by atoms with Crippen molar-refractivity contribution in [3.8, 4) is 5.75 Å². The number of thiophene rings is 1. The van der Waals surface area contributed by atoms with Gasteiger partial charge in [0.05, 0.1) is 6.54 Å². The molecule has 0 unspecified atom stereocenters. The molecule has 0 bridgehead atoms. The molecule has 0 aliphatic carbocycles. The standard InChI is InChI=1S/C19H18N2O2S/c1-15-7-2-3-9-17(15)23-14-19(22)21(13-16-8-6-12-24-16)18-10-4-5-11-20-18/h2-12H,13-14H2,1H3. The molecule has 0 aliphatic rings.